The van der Waals surface area contributed by atoms with E-state index in [4.69, 9.17) is 5.73 Å². The van der Waals surface area contributed by atoms with Crippen LogP contribution in [0.5, 0.6) is 0 Å². The standard InChI is InChI=1S/C17H36N2/c1-7-8-14(2)19(6)17(13-18)11-9-15(10-12-17)16(3,4)5/h14-15H,7-13,18H2,1-6H3. The zero-order chi connectivity index (χ0) is 14.7. The number of likely N-dealkylation sites (N-methyl/N-ethyl adjacent to an activating group) is 1. The van der Waals surface area contributed by atoms with Crippen LogP contribution in [0.1, 0.15) is 73.1 Å². The average molecular weight is 268 g/mol. The third kappa shape index (κ3) is 3.95. The van der Waals surface area contributed by atoms with Gasteiger partial charge in [0, 0.05) is 18.1 Å². The Morgan fingerprint density at radius 3 is 2.16 bits per heavy atom. The molecule has 2 heteroatoms. The number of rotatable bonds is 5. The van der Waals surface area contributed by atoms with Crippen LogP contribution < -0.4 is 5.73 Å². The summed E-state index contributed by atoms with van der Waals surface area (Å²) in [4.78, 5) is 2.59. The number of nitrogens with two attached hydrogens (primary N) is 1. The second-order valence-electron chi connectivity index (χ2n) is 7.82. The predicted octanol–water partition coefficient (Wildman–Crippen LogP) is 4.04. The fourth-order valence-electron chi connectivity index (χ4n) is 3.80. The van der Waals surface area contributed by atoms with E-state index in [1.54, 1.807) is 0 Å². The van der Waals surface area contributed by atoms with Gasteiger partial charge in [-0.1, -0.05) is 34.1 Å². The fraction of sp³-hybridized carbons (Fsp3) is 1.00. The fourth-order valence-corrected chi connectivity index (χ4v) is 3.80. The topological polar surface area (TPSA) is 29.3 Å². The largest absolute Gasteiger partial charge is 0.329 e. The molecule has 1 aliphatic carbocycles. The summed E-state index contributed by atoms with van der Waals surface area (Å²) in [7, 11) is 2.30. The molecule has 0 aliphatic heterocycles. The van der Waals surface area contributed by atoms with Crippen molar-refractivity contribution < 1.29 is 0 Å². The van der Waals surface area contributed by atoms with E-state index < -0.39 is 0 Å². The summed E-state index contributed by atoms with van der Waals surface area (Å²) in [5.74, 6) is 0.863. The van der Waals surface area contributed by atoms with Gasteiger partial charge in [0.1, 0.15) is 0 Å². The van der Waals surface area contributed by atoms with E-state index in [0.717, 1.165) is 12.5 Å². The monoisotopic (exact) mass is 268 g/mol. The van der Waals surface area contributed by atoms with Crippen molar-refractivity contribution in [3.8, 4) is 0 Å². The first-order chi connectivity index (χ1) is 8.77. The van der Waals surface area contributed by atoms with Crippen LogP contribution in [0.15, 0.2) is 0 Å². The normalized spacial score (nSPS) is 30.6. The molecule has 1 aliphatic rings. The molecule has 1 fully saturated rings. The van der Waals surface area contributed by atoms with E-state index in [-0.39, 0.29) is 5.54 Å². The molecule has 0 spiro atoms. The highest BCUT2D eigenvalue weighted by atomic mass is 15.2. The zero-order valence-corrected chi connectivity index (χ0v) is 14.1. The first-order valence-corrected chi connectivity index (χ1v) is 8.20. The SMILES string of the molecule is CCCC(C)N(C)C1(CN)CCC(C(C)(C)C)CC1. The lowest BCUT2D eigenvalue weighted by Crippen LogP contribution is -2.57. The summed E-state index contributed by atoms with van der Waals surface area (Å²) in [6.07, 6.45) is 7.76. The van der Waals surface area contributed by atoms with Crippen LogP contribution in [0, 0.1) is 11.3 Å². The van der Waals surface area contributed by atoms with Crippen molar-refractivity contribution >= 4 is 0 Å². The molecule has 0 saturated heterocycles. The molecular formula is C17H36N2. The van der Waals surface area contributed by atoms with E-state index in [9.17, 15) is 0 Å². The lowest BCUT2D eigenvalue weighted by Gasteiger charge is -2.50. The Balaban J connectivity index is 2.69. The molecule has 0 amide bonds. The maximum absolute atomic E-state index is 6.19. The third-order valence-corrected chi connectivity index (χ3v) is 5.64. The molecule has 114 valence electrons. The molecule has 19 heavy (non-hydrogen) atoms. The molecule has 0 aromatic rings. The van der Waals surface area contributed by atoms with Gasteiger partial charge >= 0.3 is 0 Å². The van der Waals surface area contributed by atoms with Crippen molar-refractivity contribution in [2.24, 2.45) is 17.1 Å². The minimum absolute atomic E-state index is 0.260. The van der Waals surface area contributed by atoms with Gasteiger partial charge in [0.05, 0.1) is 0 Å². The van der Waals surface area contributed by atoms with Gasteiger partial charge in [0.25, 0.3) is 0 Å². The van der Waals surface area contributed by atoms with Crippen molar-refractivity contribution in [2.75, 3.05) is 13.6 Å². The van der Waals surface area contributed by atoms with E-state index in [1.807, 2.05) is 0 Å². The second-order valence-corrected chi connectivity index (χ2v) is 7.82. The Hall–Kier alpha value is -0.0800. The van der Waals surface area contributed by atoms with Gasteiger partial charge in [-0.05, 0) is 57.4 Å². The smallest absolute Gasteiger partial charge is 0.0331 e. The first kappa shape index (κ1) is 17.0. The molecule has 0 aromatic carbocycles. The van der Waals surface area contributed by atoms with Gasteiger partial charge in [0.2, 0.25) is 0 Å². The van der Waals surface area contributed by atoms with Gasteiger partial charge in [-0.25, -0.2) is 0 Å². The van der Waals surface area contributed by atoms with Crippen LogP contribution in [0.2, 0.25) is 0 Å². The molecule has 1 rings (SSSR count). The minimum atomic E-state index is 0.260. The lowest BCUT2D eigenvalue weighted by molar-refractivity contribution is 0.0137. The third-order valence-electron chi connectivity index (χ3n) is 5.64. The molecule has 1 unspecified atom stereocenters. The molecule has 2 N–H and O–H groups in total. The van der Waals surface area contributed by atoms with E-state index in [1.165, 1.54) is 38.5 Å². The Morgan fingerprint density at radius 1 is 1.26 bits per heavy atom. The molecule has 1 atom stereocenters. The van der Waals surface area contributed by atoms with Crippen LogP contribution in [0.4, 0.5) is 0 Å². The second kappa shape index (κ2) is 6.58. The van der Waals surface area contributed by atoms with E-state index in [2.05, 4.69) is 46.6 Å². The van der Waals surface area contributed by atoms with Gasteiger partial charge in [-0.2, -0.15) is 0 Å². The van der Waals surface area contributed by atoms with Crippen molar-refractivity contribution in [1.29, 1.82) is 0 Å². The quantitative estimate of drug-likeness (QED) is 0.815. The summed E-state index contributed by atoms with van der Waals surface area (Å²) in [6, 6.07) is 0.653. The Labute approximate surface area is 121 Å². The Kier molecular flexibility index (Phi) is 5.88. The van der Waals surface area contributed by atoms with Crippen molar-refractivity contribution in [1.82, 2.24) is 4.90 Å². The van der Waals surface area contributed by atoms with E-state index in [0.29, 0.717) is 11.5 Å². The number of nitrogens with zero attached hydrogens (tertiary/aromatic N) is 1. The van der Waals surface area contributed by atoms with Crippen molar-refractivity contribution in [2.45, 2.75) is 84.7 Å². The molecule has 0 bridgehead atoms. The van der Waals surface area contributed by atoms with Crippen LogP contribution in [0.3, 0.4) is 0 Å². The highest BCUT2D eigenvalue weighted by Crippen LogP contribution is 2.43. The number of hydrogen-bond donors (Lipinski definition) is 1. The van der Waals surface area contributed by atoms with E-state index >= 15 is 0 Å². The van der Waals surface area contributed by atoms with Crippen LogP contribution in [-0.2, 0) is 0 Å². The van der Waals surface area contributed by atoms with Crippen LogP contribution >= 0.6 is 0 Å². The van der Waals surface area contributed by atoms with Gasteiger partial charge in [-0.15, -0.1) is 0 Å². The van der Waals surface area contributed by atoms with Crippen molar-refractivity contribution in [3.63, 3.8) is 0 Å². The summed E-state index contributed by atoms with van der Waals surface area (Å²) in [6.45, 7) is 12.6. The highest BCUT2D eigenvalue weighted by Gasteiger charge is 2.41. The lowest BCUT2D eigenvalue weighted by atomic mass is 9.66. The van der Waals surface area contributed by atoms with Crippen molar-refractivity contribution in [3.05, 3.63) is 0 Å². The molecule has 2 nitrogen and oxygen atoms in total. The Morgan fingerprint density at radius 2 is 1.79 bits per heavy atom. The molecular weight excluding hydrogens is 232 g/mol. The maximum atomic E-state index is 6.19. The van der Waals surface area contributed by atoms with Gasteiger partial charge < -0.3 is 5.73 Å². The van der Waals surface area contributed by atoms with Crippen LogP contribution in [0.25, 0.3) is 0 Å². The van der Waals surface area contributed by atoms with Crippen LogP contribution in [-0.4, -0.2) is 30.1 Å². The Bertz CT molecular complexity index is 259. The highest BCUT2D eigenvalue weighted by molar-refractivity contribution is 4.97. The summed E-state index contributed by atoms with van der Waals surface area (Å²) < 4.78 is 0. The average Bonchev–Trinajstić information content (AvgIpc) is 2.37. The molecule has 1 saturated carbocycles. The molecule has 0 heterocycles. The summed E-state index contributed by atoms with van der Waals surface area (Å²) in [5.41, 5.74) is 6.90. The maximum Gasteiger partial charge on any atom is 0.0331 e. The zero-order valence-electron chi connectivity index (χ0n) is 14.1. The predicted molar refractivity (Wildman–Crippen MR) is 85.3 cm³/mol. The summed E-state index contributed by atoms with van der Waals surface area (Å²) >= 11 is 0. The molecule has 0 radical (unpaired) electrons. The molecule has 0 aromatic heterocycles. The first-order valence-electron chi connectivity index (χ1n) is 8.20. The van der Waals surface area contributed by atoms with Gasteiger partial charge in [0.15, 0.2) is 0 Å². The van der Waals surface area contributed by atoms with Gasteiger partial charge in [-0.3, -0.25) is 4.90 Å². The number of hydrogen-bond acceptors (Lipinski definition) is 2. The minimum Gasteiger partial charge on any atom is -0.329 e. The summed E-state index contributed by atoms with van der Waals surface area (Å²) in [5, 5.41) is 0.